The summed E-state index contributed by atoms with van der Waals surface area (Å²) in [5, 5.41) is 3.56. The van der Waals surface area contributed by atoms with Crippen molar-refractivity contribution in [1.82, 2.24) is 15.1 Å². The Kier molecular flexibility index (Phi) is 6.31. The molecule has 2 heterocycles. The van der Waals surface area contributed by atoms with Crippen LogP contribution in [0.3, 0.4) is 0 Å². The molecule has 0 aromatic rings. The Morgan fingerprint density at radius 1 is 1.20 bits per heavy atom. The molecule has 0 spiro atoms. The first-order valence-corrected chi connectivity index (χ1v) is 8.78. The lowest BCUT2D eigenvalue weighted by Crippen LogP contribution is -2.57. The van der Waals surface area contributed by atoms with Gasteiger partial charge in [-0.3, -0.25) is 9.80 Å². The maximum Gasteiger partial charge on any atom is 0.0224 e. The first-order chi connectivity index (χ1) is 9.58. The van der Waals surface area contributed by atoms with Gasteiger partial charge in [-0.15, -0.1) is 0 Å². The van der Waals surface area contributed by atoms with Gasteiger partial charge in [0.2, 0.25) is 0 Å². The monoisotopic (exact) mass is 281 g/mol. The van der Waals surface area contributed by atoms with Gasteiger partial charge in [0.15, 0.2) is 0 Å². The molecule has 0 aromatic heterocycles. The highest BCUT2D eigenvalue weighted by molar-refractivity contribution is 4.92. The van der Waals surface area contributed by atoms with E-state index in [1.165, 1.54) is 51.9 Å². The highest BCUT2D eigenvalue weighted by Gasteiger charge is 2.35. The summed E-state index contributed by atoms with van der Waals surface area (Å²) in [6, 6.07) is 2.34. The molecule has 3 atom stereocenters. The van der Waals surface area contributed by atoms with Crippen molar-refractivity contribution in [3.05, 3.63) is 0 Å². The van der Waals surface area contributed by atoms with Crippen LogP contribution in [0.15, 0.2) is 0 Å². The smallest absolute Gasteiger partial charge is 0.0224 e. The molecule has 2 saturated heterocycles. The van der Waals surface area contributed by atoms with Crippen molar-refractivity contribution in [3.63, 3.8) is 0 Å². The van der Waals surface area contributed by atoms with Crippen molar-refractivity contribution in [2.75, 3.05) is 32.7 Å². The van der Waals surface area contributed by atoms with E-state index in [1.54, 1.807) is 0 Å². The van der Waals surface area contributed by atoms with Gasteiger partial charge in [-0.1, -0.05) is 13.8 Å². The van der Waals surface area contributed by atoms with E-state index in [1.807, 2.05) is 0 Å². The fourth-order valence-electron chi connectivity index (χ4n) is 3.90. The van der Waals surface area contributed by atoms with E-state index in [0.29, 0.717) is 0 Å². The zero-order chi connectivity index (χ0) is 14.5. The molecule has 0 bridgehead atoms. The summed E-state index contributed by atoms with van der Waals surface area (Å²) in [7, 11) is 0. The fourth-order valence-corrected chi connectivity index (χ4v) is 3.90. The SMILES string of the molecule is CC(C)CNCCCC(C)N1CC2CCCN2CC1C. The summed E-state index contributed by atoms with van der Waals surface area (Å²) in [6.07, 6.45) is 5.48. The van der Waals surface area contributed by atoms with Gasteiger partial charge in [0, 0.05) is 31.2 Å². The summed E-state index contributed by atoms with van der Waals surface area (Å²) in [4.78, 5) is 5.49. The van der Waals surface area contributed by atoms with E-state index >= 15 is 0 Å². The Morgan fingerprint density at radius 2 is 2.00 bits per heavy atom. The molecule has 3 nitrogen and oxygen atoms in total. The molecule has 0 radical (unpaired) electrons. The Morgan fingerprint density at radius 3 is 2.75 bits per heavy atom. The van der Waals surface area contributed by atoms with E-state index in [0.717, 1.165) is 30.6 Å². The lowest BCUT2D eigenvalue weighted by Gasteiger charge is -2.45. The Bertz CT molecular complexity index is 279. The van der Waals surface area contributed by atoms with Crippen molar-refractivity contribution >= 4 is 0 Å². The number of fused-ring (bicyclic) bond motifs is 1. The highest BCUT2D eigenvalue weighted by Crippen LogP contribution is 2.26. The zero-order valence-corrected chi connectivity index (χ0v) is 14.1. The molecule has 1 N–H and O–H groups in total. The normalized spacial score (nSPS) is 29.9. The van der Waals surface area contributed by atoms with Gasteiger partial charge in [0.05, 0.1) is 0 Å². The average molecular weight is 281 g/mol. The molecule has 118 valence electrons. The molecular formula is C17H35N3. The number of rotatable bonds is 7. The Labute approximate surface area is 126 Å². The predicted octanol–water partition coefficient (Wildman–Crippen LogP) is 2.57. The minimum absolute atomic E-state index is 0.739. The van der Waals surface area contributed by atoms with Crippen LogP contribution in [0.4, 0.5) is 0 Å². The molecule has 0 aliphatic carbocycles. The van der Waals surface area contributed by atoms with Crippen molar-refractivity contribution in [2.24, 2.45) is 5.92 Å². The summed E-state index contributed by atoms with van der Waals surface area (Å²) in [5.41, 5.74) is 0. The van der Waals surface area contributed by atoms with E-state index in [4.69, 9.17) is 0 Å². The third kappa shape index (κ3) is 4.44. The molecule has 2 rings (SSSR count). The van der Waals surface area contributed by atoms with Gasteiger partial charge in [-0.25, -0.2) is 0 Å². The van der Waals surface area contributed by atoms with Gasteiger partial charge in [0.1, 0.15) is 0 Å². The molecule has 0 saturated carbocycles. The van der Waals surface area contributed by atoms with Gasteiger partial charge in [-0.2, -0.15) is 0 Å². The minimum atomic E-state index is 0.739. The molecule has 3 heteroatoms. The summed E-state index contributed by atoms with van der Waals surface area (Å²) in [6.45, 7) is 15.7. The van der Waals surface area contributed by atoms with Crippen LogP contribution in [0.1, 0.15) is 53.4 Å². The van der Waals surface area contributed by atoms with Crippen LogP contribution in [0, 0.1) is 5.92 Å². The second kappa shape index (κ2) is 7.77. The number of nitrogens with one attached hydrogen (secondary N) is 1. The lowest BCUT2D eigenvalue weighted by atomic mass is 10.0. The second-order valence-electron chi connectivity index (χ2n) is 7.43. The summed E-state index contributed by atoms with van der Waals surface area (Å²) < 4.78 is 0. The molecule has 3 unspecified atom stereocenters. The summed E-state index contributed by atoms with van der Waals surface area (Å²) in [5.74, 6) is 0.767. The molecule has 0 aromatic carbocycles. The van der Waals surface area contributed by atoms with E-state index in [9.17, 15) is 0 Å². The van der Waals surface area contributed by atoms with Crippen LogP contribution in [0.5, 0.6) is 0 Å². The fraction of sp³-hybridized carbons (Fsp3) is 1.00. The standard InChI is InChI=1S/C17H35N3/c1-14(2)11-18-9-5-7-15(3)20-13-17-8-6-10-19(17)12-16(20)4/h14-18H,5-13H2,1-4H3. The first kappa shape index (κ1) is 16.3. The number of hydrogen-bond acceptors (Lipinski definition) is 3. The largest absolute Gasteiger partial charge is 0.316 e. The van der Waals surface area contributed by atoms with Gasteiger partial charge in [-0.05, 0) is 65.1 Å². The van der Waals surface area contributed by atoms with Gasteiger partial charge in [0.25, 0.3) is 0 Å². The van der Waals surface area contributed by atoms with Gasteiger partial charge < -0.3 is 5.32 Å². The minimum Gasteiger partial charge on any atom is -0.316 e. The van der Waals surface area contributed by atoms with E-state index in [2.05, 4.69) is 42.8 Å². The number of piperazine rings is 1. The molecule has 2 fully saturated rings. The third-order valence-corrected chi connectivity index (χ3v) is 5.08. The number of nitrogens with zero attached hydrogens (tertiary/aromatic N) is 2. The van der Waals surface area contributed by atoms with Crippen LogP contribution in [0.2, 0.25) is 0 Å². The van der Waals surface area contributed by atoms with Crippen molar-refractivity contribution < 1.29 is 0 Å². The summed E-state index contributed by atoms with van der Waals surface area (Å²) >= 11 is 0. The maximum atomic E-state index is 3.56. The van der Waals surface area contributed by atoms with E-state index in [-0.39, 0.29) is 0 Å². The maximum absolute atomic E-state index is 3.56. The van der Waals surface area contributed by atoms with Crippen LogP contribution < -0.4 is 5.32 Å². The Balaban J connectivity index is 1.67. The van der Waals surface area contributed by atoms with Crippen molar-refractivity contribution in [1.29, 1.82) is 0 Å². The quantitative estimate of drug-likeness (QED) is 0.724. The molecule has 2 aliphatic heterocycles. The van der Waals surface area contributed by atoms with Crippen LogP contribution in [0.25, 0.3) is 0 Å². The average Bonchev–Trinajstić information content (AvgIpc) is 2.83. The van der Waals surface area contributed by atoms with Crippen LogP contribution in [-0.2, 0) is 0 Å². The van der Waals surface area contributed by atoms with Crippen LogP contribution >= 0.6 is 0 Å². The molecular weight excluding hydrogens is 246 g/mol. The van der Waals surface area contributed by atoms with E-state index < -0.39 is 0 Å². The second-order valence-corrected chi connectivity index (χ2v) is 7.43. The van der Waals surface area contributed by atoms with Crippen molar-refractivity contribution in [3.8, 4) is 0 Å². The topological polar surface area (TPSA) is 18.5 Å². The molecule has 20 heavy (non-hydrogen) atoms. The Hall–Kier alpha value is -0.120. The lowest BCUT2D eigenvalue weighted by molar-refractivity contribution is 0.0301. The molecule has 2 aliphatic rings. The number of hydrogen-bond donors (Lipinski definition) is 1. The van der Waals surface area contributed by atoms with Crippen molar-refractivity contribution in [2.45, 2.75) is 71.5 Å². The first-order valence-electron chi connectivity index (χ1n) is 8.78. The highest BCUT2D eigenvalue weighted by atomic mass is 15.3. The third-order valence-electron chi connectivity index (χ3n) is 5.08. The van der Waals surface area contributed by atoms with Crippen LogP contribution in [-0.4, -0.2) is 60.6 Å². The zero-order valence-electron chi connectivity index (χ0n) is 14.1. The van der Waals surface area contributed by atoms with Gasteiger partial charge >= 0.3 is 0 Å². The molecule has 0 amide bonds. The predicted molar refractivity (Wildman–Crippen MR) is 87.2 cm³/mol.